The molecule has 194 valence electrons. The van der Waals surface area contributed by atoms with Gasteiger partial charge in [0.1, 0.15) is 11.9 Å². The van der Waals surface area contributed by atoms with Crippen molar-refractivity contribution in [1.82, 2.24) is 20.3 Å². The minimum atomic E-state index is -3.83. The van der Waals surface area contributed by atoms with E-state index in [0.29, 0.717) is 17.5 Å². The number of hydrogen-bond donors (Lipinski definition) is 5. The highest BCUT2D eigenvalue weighted by Crippen LogP contribution is 2.09. The normalized spacial score (nSPS) is 11.9. The van der Waals surface area contributed by atoms with E-state index in [1.54, 1.807) is 79.1 Å². The third-order valence-corrected chi connectivity index (χ3v) is 6.84. The third-order valence-electron chi connectivity index (χ3n) is 5.49. The number of carbonyl (C=O) groups excluding carboxylic acids is 2. The fourth-order valence-corrected chi connectivity index (χ4v) is 4.88. The molecule has 37 heavy (non-hydrogen) atoms. The largest absolute Gasteiger partial charge is 0.384 e. The number of sulfonamides is 1. The Morgan fingerprint density at radius 3 is 2.22 bits per heavy atom. The first-order valence-corrected chi connectivity index (χ1v) is 13.3. The zero-order valence-electron chi connectivity index (χ0n) is 20.2. The second-order valence-corrected chi connectivity index (χ2v) is 10.2. The molecule has 6 N–H and O–H groups in total. The number of nitrogens with one attached hydrogen (secondary N) is 4. The van der Waals surface area contributed by atoms with Gasteiger partial charge < -0.3 is 16.4 Å². The summed E-state index contributed by atoms with van der Waals surface area (Å²) in [7, 11) is -3.83. The summed E-state index contributed by atoms with van der Waals surface area (Å²) in [5.74, 6) is -1.33. The number of aryl methyl sites for hydroxylation is 1. The van der Waals surface area contributed by atoms with Crippen molar-refractivity contribution in [3.05, 3.63) is 101 Å². The summed E-state index contributed by atoms with van der Waals surface area (Å²) in [5.41, 5.74) is 8.32. The van der Waals surface area contributed by atoms with Gasteiger partial charge in [0.05, 0.1) is 12.3 Å². The molecule has 3 aromatic rings. The number of nitrogen functional groups attached to an aromatic ring is 1. The summed E-state index contributed by atoms with van der Waals surface area (Å²) in [4.78, 5) is 29.2. The number of amides is 2. The maximum atomic E-state index is 12.9. The Balaban J connectivity index is 1.57. The lowest BCUT2D eigenvalue weighted by atomic mass is 10.1. The summed E-state index contributed by atoms with van der Waals surface area (Å²) in [6.07, 6.45) is 3.90. The molecule has 1 unspecified atom stereocenters. The molecule has 1 aromatic heterocycles. The van der Waals surface area contributed by atoms with Crippen LogP contribution in [0.4, 0.5) is 0 Å². The van der Waals surface area contributed by atoms with Crippen molar-refractivity contribution in [3.63, 3.8) is 0 Å². The Kier molecular flexibility index (Phi) is 9.87. The third kappa shape index (κ3) is 9.47. The molecule has 1 heterocycles. The van der Waals surface area contributed by atoms with Gasteiger partial charge in [0.15, 0.2) is 0 Å². The van der Waals surface area contributed by atoms with Gasteiger partial charge in [0, 0.05) is 24.5 Å². The smallest absolute Gasteiger partial charge is 0.239 e. The molecule has 0 spiro atoms. The highest BCUT2D eigenvalue weighted by molar-refractivity contribution is 7.88. The summed E-state index contributed by atoms with van der Waals surface area (Å²) in [5, 5.41) is 12.6. The van der Waals surface area contributed by atoms with Crippen LogP contribution in [0.25, 0.3) is 0 Å². The Morgan fingerprint density at radius 1 is 0.892 bits per heavy atom. The van der Waals surface area contributed by atoms with E-state index in [-0.39, 0.29) is 31.1 Å². The number of aromatic nitrogens is 1. The Morgan fingerprint density at radius 2 is 1.57 bits per heavy atom. The van der Waals surface area contributed by atoms with E-state index >= 15 is 0 Å². The van der Waals surface area contributed by atoms with Crippen molar-refractivity contribution < 1.29 is 18.0 Å². The minimum Gasteiger partial charge on any atom is -0.384 e. The molecule has 11 heteroatoms. The van der Waals surface area contributed by atoms with E-state index in [0.717, 1.165) is 11.1 Å². The fraction of sp³-hybridized carbons (Fsp3) is 0.231. The van der Waals surface area contributed by atoms with Gasteiger partial charge in [-0.15, -0.1) is 0 Å². The molecule has 0 aliphatic rings. The topological polar surface area (TPSA) is 167 Å². The van der Waals surface area contributed by atoms with E-state index in [2.05, 4.69) is 20.3 Å². The van der Waals surface area contributed by atoms with Crippen molar-refractivity contribution in [2.24, 2.45) is 5.73 Å². The van der Waals surface area contributed by atoms with Crippen LogP contribution in [-0.2, 0) is 38.3 Å². The van der Waals surface area contributed by atoms with Gasteiger partial charge in [-0.3, -0.25) is 20.0 Å². The quantitative estimate of drug-likeness (QED) is 0.167. The standard InChI is InChI=1S/C26H30N6O4S/c27-25(28)22-9-6-20(7-10-22)16-30-24(33)17-31-26(34)23(11-8-19-12-14-29-15-13-19)32-37(35,36)18-21-4-2-1-3-5-21/h1-7,9-10,12-15,23,32H,8,11,16-18H2,(H3,27,28)(H,30,33)(H,31,34). The number of nitrogens with zero attached hydrogens (tertiary/aromatic N) is 1. The molecular formula is C26H30N6O4S. The maximum absolute atomic E-state index is 12.9. The molecule has 0 saturated carbocycles. The van der Waals surface area contributed by atoms with Crippen LogP contribution in [0.5, 0.6) is 0 Å². The molecule has 3 rings (SSSR count). The number of nitrogens with two attached hydrogens (primary N) is 1. The summed E-state index contributed by atoms with van der Waals surface area (Å²) in [6.45, 7) is -0.0847. The first-order valence-electron chi connectivity index (χ1n) is 11.6. The molecule has 0 saturated heterocycles. The lowest BCUT2D eigenvalue weighted by Gasteiger charge is -2.19. The molecule has 0 aliphatic heterocycles. The fourth-order valence-electron chi connectivity index (χ4n) is 3.51. The summed E-state index contributed by atoms with van der Waals surface area (Å²) < 4.78 is 28.1. The molecule has 0 fully saturated rings. The number of benzene rings is 2. The van der Waals surface area contributed by atoms with Gasteiger partial charge in [0.2, 0.25) is 21.8 Å². The first-order chi connectivity index (χ1) is 17.7. The highest BCUT2D eigenvalue weighted by atomic mass is 32.2. The zero-order chi connectivity index (χ0) is 26.7. The number of carbonyl (C=O) groups is 2. The number of amidine groups is 1. The van der Waals surface area contributed by atoms with Gasteiger partial charge in [0.25, 0.3) is 0 Å². The number of pyridine rings is 1. The maximum Gasteiger partial charge on any atom is 0.239 e. The SMILES string of the molecule is N=C(N)c1ccc(CNC(=O)CNC(=O)C(CCc2ccncc2)NS(=O)(=O)Cc2ccccc2)cc1. The van der Waals surface area contributed by atoms with Crippen LogP contribution in [0.2, 0.25) is 0 Å². The lowest BCUT2D eigenvalue weighted by molar-refractivity contribution is -0.127. The minimum absolute atomic E-state index is 0.0452. The molecule has 0 bridgehead atoms. The molecule has 2 amide bonds. The second-order valence-electron chi connectivity index (χ2n) is 8.41. The van der Waals surface area contributed by atoms with Crippen LogP contribution < -0.4 is 21.1 Å². The van der Waals surface area contributed by atoms with Crippen LogP contribution in [0.15, 0.2) is 79.1 Å². The second kappa shape index (κ2) is 13.3. The van der Waals surface area contributed by atoms with Crippen molar-refractivity contribution >= 4 is 27.7 Å². The molecule has 1 atom stereocenters. The van der Waals surface area contributed by atoms with Gasteiger partial charge in [-0.1, -0.05) is 54.6 Å². The summed E-state index contributed by atoms with van der Waals surface area (Å²) >= 11 is 0. The first kappa shape index (κ1) is 27.5. The lowest BCUT2D eigenvalue weighted by Crippen LogP contribution is -2.49. The Bertz CT molecular complexity index is 1300. The predicted molar refractivity (Wildman–Crippen MR) is 141 cm³/mol. The van der Waals surface area contributed by atoms with Crippen LogP contribution in [0.3, 0.4) is 0 Å². The van der Waals surface area contributed by atoms with Crippen molar-refractivity contribution in [2.75, 3.05) is 6.54 Å². The van der Waals surface area contributed by atoms with Crippen molar-refractivity contribution in [3.8, 4) is 0 Å². The van der Waals surface area contributed by atoms with Gasteiger partial charge >= 0.3 is 0 Å². The average molecular weight is 523 g/mol. The molecule has 2 aromatic carbocycles. The molecule has 0 radical (unpaired) electrons. The van der Waals surface area contributed by atoms with Gasteiger partial charge in [-0.25, -0.2) is 13.1 Å². The van der Waals surface area contributed by atoms with E-state index in [9.17, 15) is 18.0 Å². The average Bonchev–Trinajstić information content (AvgIpc) is 2.89. The van der Waals surface area contributed by atoms with Gasteiger partial charge in [-0.2, -0.15) is 0 Å². The Hall–Kier alpha value is -4.09. The molecule has 0 aliphatic carbocycles. The van der Waals surface area contributed by atoms with E-state index in [1.165, 1.54) is 0 Å². The highest BCUT2D eigenvalue weighted by Gasteiger charge is 2.25. The van der Waals surface area contributed by atoms with E-state index in [1.807, 2.05) is 0 Å². The van der Waals surface area contributed by atoms with Crippen molar-refractivity contribution in [1.29, 1.82) is 5.41 Å². The van der Waals surface area contributed by atoms with E-state index in [4.69, 9.17) is 11.1 Å². The van der Waals surface area contributed by atoms with Crippen LogP contribution in [0, 0.1) is 5.41 Å². The Labute approximate surface area is 216 Å². The monoisotopic (exact) mass is 522 g/mol. The van der Waals surface area contributed by atoms with Crippen LogP contribution in [-0.4, -0.2) is 43.6 Å². The van der Waals surface area contributed by atoms with Crippen LogP contribution in [0.1, 0.15) is 28.7 Å². The van der Waals surface area contributed by atoms with Gasteiger partial charge in [-0.05, 0) is 41.7 Å². The number of rotatable bonds is 13. The summed E-state index contributed by atoms with van der Waals surface area (Å²) in [6, 6.07) is 18.1. The van der Waals surface area contributed by atoms with Crippen molar-refractivity contribution in [2.45, 2.75) is 31.2 Å². The van der Waals surface area contributed by atoms with Crippen LogP contribution >= 0.6 is 0 Å². The molecular weight excluding hydrogens is 492 g/mol. The van der Waals surface area contributed by atoms with E-state index < -0.39 is 27.9 Å². The predicted octanol–water partition coefficient (Wildman–Crippen LogP) is 1.22. The number of hydrogen-bond acceptors (Lipinski definition) is 6. The molecule has 10 nitrogen and oxygen atoms in total. The zero-order valence-corrected chi connectivity index (χ0v) is 21.0.